The summed E-state index contributed by atoms with van der Waals surface area (Å²) in [5.74, 6) is 0. The van der Waals surface area contributed by atoms with Crippen molar-refractivity contribution >= 4 is 54.6 Å². The molecule has 3 rings (SSSR count). The lowest BCUT2D eigenvalue weighted by molar-refractivity contribution is 0.599. The fourth-order valence-corrected chi connectivity index (χ4v) is 5.04. The molecule has 3 aromatic rings. The van der Waals surface area contributed by atoms with Gasteiger partial charge in [-0.05, 0) is 49.4 Å². The van der Waals surface area contributed by atoms with E-state index < -0.39 is 20.0 Å². The van der Waals surface area contributed by atoms with Crippen LogP contribution in [0.5, 0.6) is 0 Å². The van der Waals surface area contributed by atoms with Crippen molar-refractivity contribution in [3.63, 3.8) is 0 Å². The van der Waals surface area contributed by atoms with Crippen LogP contribution in [0.4, 0.5) is 11.4 Å². The summed E-state index contributed by atoms with van der Waals surface area (Å²) in [6, 6.07) is 9.62. The average molecular weight is 475 g/mol. The van der Waals surface area contributed by atoms with E-state index in [1.807, 2.05) is 0 Å². The molecule has 1 heterocycles. The summed E-state index contributed by atoms with van der Waals surface area (Å²) in [6.07, 6.45) is 1.25. The Bertz CT molecular complexity index is 1270. The van der Waals surface area contributed by atoms with Crippen molar-refractivity contribution in [3.8, 4) is 0 Å². The van der Waals surface area contributed by atoms with Crippen LogP contribution in [0.3, 0.4) is 0 Å². The molecule has 0 spiro atoms. The number of sulfonamides is 2. The van der Waals surface area contributed by atoms with Crippen LogP contribution in [-0.2, 0) is 27.1 Å². The average Bonchev–Trinajstić information content (AvgIpc) is 2.98. The first kappa shape index (κ1) is 21.4. The predicted molar refractivity (Wildman–Crippen MR) is 112 cm³/mol. The van der Waals surface area contributed by atoms with Crippen molar-refractivity contribution in [2.75, 3.05) is 9.44 Å². The highest BCUT2D eigenvalue weighted by atomic mass is 35.5. The number of halogens is 2. The van der Waals surface area contributed by atoms with Crippen LogP contribution in [0.1, 0.15) is 5.69 Å². The molecule has 0 atom stereocenters. The lowest BCUT2D eigenvalue weighted by atomic mass is 10.3. The van der Waals surface area contributed by atoms with E-state index in [4.69, 9.17) is 23.2 Å². The minimum Gasteiger partial charge on any atom is -0.280 e. The molecule has 0 saturated carbocycles. The van der Waals surface area contributed by atoms with Crippen molar-refractivity contribution in [2.24, 2.45) is 7.05 Å². The third kappa shape index (κ3) is 4.67. The number of hydrogen-bond donors (Lipinski definition) is 2. The van der Waals surface area contributed by atoms with Gasteiger partial charge in [-0.1, -0.05) is 23.2 Å². The molecule has 2 aromatic carbocycles. The van der Waals surface area contributed by atoms with Gasteiger partial charge in [0, 0.05) is 12.7 Å². The van der Waals surface area contributed by atoms with Crippen molar-refractivity contribution in [2.45, 2.75) is 16.7 Å². The van der Waals surface area contributed by atoms with Crippen LogP contribution in [0.15, 0.2) is 58.5 Å². The van der Waals surface area contributed by atoms with Gasteiger partial charge < -0.3 is 0 Å². The zero-order valence-electron chi connectivity index (χ0n) is 15.2. The molecule has 0 saturated heterocycles. The van der Waals surface area contributed by atoms with Crippen LogP contribution in [0.25, 0.3) is 0 Å². The fourth-order valence-electron chi connectivity index (χ4n) is 2.43. The van der Waals surface area contributed by atoms with Gasteiger partial charge in [-0.2, -0.15) is 5.10 Å². The minimum atomic E-state index is -3.90. The van der Waals surface area contributed by atoms with E-state index in [1.165, 1.54) is 53.3 Å². The Hall–Kier alpha value is -2.27. The molecular weight excluding hydrogens is 459 g/mol. The predicted octanol–water partition coefficient (Wildman–Crippen LogP) is 3.64. The van der Waals surface area contributed by atoms with E-state index in [1.54, 1.807) is 14.0 Å². The molecule has 0 bridgehead atoms. The van der Waals surface area contributed by atoms with Gasteiger partial charge in [-0.3, -0.25) is 14.1 Å². The lowest BCUT2D eigenvalue weighted by Gasteiger charge is -2.11. The van der Waals surface area contributed by atoms with Crippen molar-refractivity contribution in [1.82, 2.24) is 9.78 Å². The molecule has 0 aliphatic carbocycles. The van der Waals surface area contributed by atoms with Gasteiger partial charge in [0.1, 0.15) is 4.90 Å². The lowest BCUT2D eigenvalue weighted by Crippen LogP contribution is -2.15. The van der Waals surface area contributed by atoms with Crippen LogP contribution >= 0.6 is 23.2 Å². The zero-order valence-corrected chi connectivity index (χ0v) is 18.4. The molecule has 0 unspecified atom stereocenters. The number of nitrogens with one attached hydrogen (secondary N) is 2. The molecule has 0 fully saturated rings. The number of nitrogens with zero attached hydrogens (tertiary/aromatic N) is 2. The molecular formula is C17H16Cl2N4O4S2. The number of benzene rings is 2. The summed E-state index contributed by atoms with van der Waals surface area (Å²) >= 11 is 11.7. The molecule has 12 heteroatoms. The Morgan fingerprint density at radius 3 is 2.00 bits per heavy atom. The summed E-state index contributed by atoms with van der Waals surface area (Å²) in [7, 11) is -6.12. The molecule has 2 N–H and O–H groups in total. The van der Waals surface area contributed by atoms with Crippen LogP contribution in [0, 0.1) is 6.92 Å². The smallest absolute Gasteiger partial charge is 0.265 e. The second kappa shape index (κ2) is 7.86. The molecule has 0 radical (unpaired) electrons. The molecule has 0 amide bonds. The third-order valence-electron chi connectivity index (χ3n) is 4.07. The van der Waals surface area contributed by atoms with E-state index in [9.17, 15) is 16.8 Å². The van der Waals surface area contributed by atoms with Gasteiger partial charge >= 0.3 is 0 Å². The summed E-state index contributed by atoms with van der Waals surface area (Å²) < 4.78 is 56.3. The van der Waals surface area contributed by atoms with E-state index >= 15 is 0 Å². The van der Waals surface area contributed by atoms with E-state index in [0.29, 0.717) is 10.7 Å². The number of anilines is 2. The van der Waals surface area contributed by atoms with Crippen LogP contribution < -0.4 is 9.44 Å². The summed E-state index contributed by atoms with van der Waals surface area (Å²) in [5, 5.41) is 4.43. The number of aryl methyl sites for hydroxylation is 1. The summed E-state index contributed by atoms with van der Waals surface area (Å²) in [4.78, 5) is -0.0120. The highest BCUT2D eigenvalue weighted by Gasteiger charge is 2.21. The van der Waals surface area contributed by atoms with Crippen molar-refractivity contribution < 1.29 is 16.8 Å². The largest absolute Gasteiger partial charge is 0.280 e. The quantitative estimate of drug-likeness (QED) is 0.566. The second-order valence-corrected chi connectivity index (χ2v) is 10.2. The number of hydrogen-bond acceptors (Lipinski definition) is 5. The molecule has 29 heavy (non-hydrogen) atoms. The van der Waals surface area contributed by atoms with Gasteiger partial charge in [0.15, 0.2) is 0 Å². The van der Waals surface area contributed by atoms with Gasteiger partial charge in [0.2, 0.25) is 0 Å². The van der Waals surface area contributed by atoms with Gasteiger partial charge in [0.25, 0.3) is 20.0 Å². The monoisotopic (exact) mass is 474 g/mol. The third-order valence-corrected chi connectivity index (χ3v) is 7.69. The zero-order chi connectivity index (χ0) is 21.4. The standard InChI is InChI=1S/C17H16Cl2N4O4S2/c1-11-17(10-20-23(11)2)29(26,27)21-12-3-6-14(7-4-12)28(24,25)22-13-5-8-15(18)16(19)9-13/h3-10,21-22H,1-2H3. The maximum atomic E-state index is 12.5. The Labute approximate surface area is 178 Å². The van der Waals surface area contributed by atoms with Crippen LogP contribution in [-0.4, -0.2) is 26.6 Å². The second-order valence-electron chi connectivity index (χ2n) is 6.08. The van der Waals surface area contributed by atoms with Gasteiger partial charge in [0.05, 0.1) is 32.5 Å². The number of rotatable bonds is 6. The Morgan fingerprint density at radius 2 is 1.45 bits per heavy atom. The van der Waals surface area contributed by atoms with Gasteiger partial charge in [-0.15, -0.1) is 0 Å². The summed E-state index contributed by atoms with van der Waals surface area (Å²) in [5.41, 5.74) is 0.931. The normalized spacial score (nSPS) is 12.0. The summed E-state index contributed by atoms with van der Waals surface area (Å²) in [6.45, 7) is 1.63. The first-order valence-electron chi connectivity index (χ1n) is 8.09. The van der Waals surface area contributed by atoms with Crippen molar-refractivity contribution in [3.05, 3.63) is 64.4 Å². The van der Waals surface area contributed by atoms with Crippen molar-refractivity contribution in [1.29, 1.82) is 0 Å². The Morgan fingerprint density at radius 1 is 0.862 bits per heavy atom. The number of aromatic nitrogens is 2. The van der Waals surface area contributed by atoms with Gasteiger partial charge in [-0.25, -0.2) is 16.8 Å². The first-order chi connectivity index (χ1) is 13.5. The topological polar surface area (TPSA) is 110 Å². The minimum absolute atomic E-state index is 0.0398. The fraction of sp³-hybridized carbons (Fsp3) is 0.118. The molecule has 154 valence electrons. The maximum Gasteiger partial charge on any atom is 0.265 e. The molecule has 0 aliphatic rings. The van der Waals surface area contributed by atoms with Crippen LogP contribution in [0.2, 0.25) is 10.0 Å². The highest BCUT2D eigenvalue weighted by molar-refractivity contribution is 7.93. The van der Waals surface area contributed by atoms with E-state index in [2.05, 4.69) is 14.5 Å². The first-order valence-corrected chi connectivity index (χ1v) is 11.8. The SMILES string of the molecule is Cc1c(S(=O)(=O)Nc2ccc(S(=O)(=O)Nc3ccc(Cl)c(Cl)c3)cc2)cnn1C. The highest BCUT2D eigenvalue weighted by Crippen LogP contribution is 2.27. The van der Waals surface area contributed by atoms with E-state index in [-0.39, 0.29) is 26.2 Å². The Balaban J connectivity index is 1.80. The molecule has 8 nitrogen and oxygen atoms in total. The Kier molecular flexibility index (Phi) is 5.81. The maximum absolute atomic E-state index is 12.5. The molecule has 1 aromatic heterocycles. The van der Waals surface area contributed by atoms with E-state index in [0.717, 1.165) is 0 Å². The molecule has 0 aliphatic heterocycles.